The van der Waals surface area contributed by atoms with Crippen LogP contribution in [0.1, 0.15) is 136 Å². The molecule has 0 rings (SSSR count). The average Bonchev–Trinajstić information content (AvgIpc) is 3.00. The minimum Gasteiger partial charge on any atom is -0.457 e. The Kier molecular flexibility index (Phi) is 29.1. The Morgan fingerprint density at radius 1 is 0.614 bits per heavy atom. The minimum absolute atomic E-state index is 0.178. The zero-order chi connectivity index (χ0) is 32.7. The molecule has 0 bridgehead atoms. The first-order chi connectivity index (χ1) is 21.3. The topological polar surface area (TPSA) is 149 Å². The number of hydrogen-bond donors (Lipinski definition) is 3. The highest BCUT2D eigenvalue weighted by Gasteiger charge is 2.27. The number of rotatable bonds is 31. The number of phosphoric acid groups is 1. The zero-order valence-corrected chi connectivity index (χ0v) is 28.3. The number of carbonyl (C=O) groups is 2. The van der Waals surface area contributed by atoms with Crippen molar-refractivity contribution < 1.29 is 47.8 Å². The van der Waals surface area contributed by atoms with Gasteiger partial charge in [0.25, 0.3) is 0 Å². The highest BCUT2D eigenvalue weighted by atomic mass is 31.2. The molecule has 3 N–H and O–H groups in total. The average molecular weight is 649 g/mol. The number of unbranched alkanes of at least 4 members (excludes halogenated alkanes) is 13. The van der Waals surface area contributed by atoms with Crippen molar-refractivity contribution in [1.82, 2.24) is 0 Å². The molecule has 0 radical (unpaired) electrons. The molecule has 0 aliphatic heterocycles. The van der Waals surface area contributed by atoms with Gasteiger partial charge < -0.3 is 24.6 Å². The summed E-state index contributed by atoms with van der Waals surface area (Å²) >= 11 is 0. The molecule has 3 atom stereocenters. The minimum atomic E-state index is -4.61. The summed E-state index contributed by atoms with van der Waals surface area (Å²) < 4.78 is 32.0. The van der Waals surface area contributed by atoms with E-state index in [1.807, 2.05) is 6.92 Å². The Morgan fingerprint density at radius 2 is 1.00 bits per heavy atom. The van der Waals surface area contributed by atoms with Crippen LogP contribution in [0, 0.1) is 0 Å². The predicted octanol–water partition coefficient (Wildman–Crippen LogP) is 7.49. The maximum Gasteiger partial charge on any atom is 0.472 e. The van der Waals surface area contributed by atoms with E-state index in [1.54, 1.807) is 0 Å². The zero-order valence-electron chi connectivity index (χ0n) is 27.4. The fourth-order valence-corrected chi connectivity index (χ4v) is 5.04. The van der Waals surface area contributed by atoms with E-state index >= 15 is 0 Å². The quantitative estimate of drug-likeness (QED) is 0.0299. The maximum atomic E-state index is 12.2. The number of phosphoric ester groups is 1. The van der Waals surface area contributed by atoms with Gasteiger partial charge in [-0.15, -0.1) is 0 Å². The smallest absolute Gasteiger partial charge is 0.457 e. The summed E-state index contributed by atoms with van der Waals surface area (Å²) in [6.07, 6.45) is 25.4. The van der Waals surface area contributed by atoms with Crippen LogP contribution in [0.15, 0.2) is 24.3 Å². The fourth-order valence-electron chi connectivity index (χ4n) is 4.26. The van der Waals surface area contributed by atoms with E-state index in [0.717, 1.165) is 44.9 Å². The van der Waals surface area contributed by atoms with Gasteiger partial charge in [-0.3, -0.25) is 18.6 Å². The first kappa shape index (κ1) is 42.5. The predicted molar refractivity (Wildman–Crippen MR) is 173 cm³/mol. The lowest BCUT2D eigenvalue weighted by molar-refractivity contribution is -0.153. The second-order valence-corrected chi connectivity index (χ2v) is 12.6. The van der Waals surface area contributed by atoms with Gasteiger partial charge >= 0.3 is 19.8 Å². The molecule has 0 aliphatic rings. The molecule has 0 saturated carbocycles. The van der Waals surface area contributed by atoms with Crippen molar-refractivity contribution in [3.63, 3.8) is 0 Å². The van der Waals surface area contributed by atoms with Crippen LogP contribution >= 0.6 is 7.82 Å². The van der Waals surface area contributed by atoms with Gasteiger partial charge in [0, 0.05) is 12.8 Å². The molecular formula is C33H61O10P. The van der Waals surface area contributed by atoms with E-state index < -0.39 is 58.4 Å². The van der Waals surface area contributed by atoms with E-state index in [0.29, 0.717) is 12.8 Å². The third-order valence-corrected chi connectivity index (χ3v) is 7.87. The van der Waals surface area contributed by atoms with Crippen molar-refractivity contribution >= 4 is 19.8 Å². The Hall–Kier alpha value is -1.55. The van der Waals surface area contributed by atoms with Crippen molar-refractivity contribution in [2.24, 2.45) is 0 Å². The molecular weight excluding hydrogens is 587 g/mol. The number of aliphatic hydroxyl groups excluding tert-OH is 2. The van der Waals surface area contributed by atoms with Crippen LogP contribution in [0.2, 0.25) is 0 Å². The van der Waals surface area contributed by atoms with Gasteiger partial charge in [-0.25, -0.2) is 4.57 Å². The van der Waals surface area contributed by atoms with Crippen molar-refractivity contribution in [3.8, 4) is 0 Å². The third-order valence-electron chi connectivity index (χ3n) is 6.92. The standard InChI is InChI=1S/C33H61O10P/c1-3-5-7-8-9-10-11-12-13-14-15-16-17-18-19-20-21-23-25-33(37)43-31(27-35)29-41-44(38,39)40-28-30(26-34)42-32(36)24-22-6-4-2/h10-11,13-14,30-31,34-35H,3-9,12,15-29H2,1-2H3,(H,38,39)/b11-10-,14-13-. The molecule has 0 aromatic carbocycles. The Labute approximate surface area is 266 Å². The summed E-state index contributed by atoms with van der Waals surface area (Å²) in [6, 6.07) is 0. The summed E-state index contributed by atoms with van der Waals surface area (Å²) in [5, 5.41) is 18.8. The van der Waals surface area contributed by atoms with Gasteiger partial charge in [0.05, 0.1) is 26.4 Å². The van der Waals surface area contributed by atoms with Crippen molar-refractivity contribution in [3.05, 3.63) is 24.3 Å². The fraction of sp³-hybridized carbons (Fsp3) is 0.818. The normalized spacial score (nSPS) is 14.6. The van der Waals surface area contributed by atoms with Crippen LogP contribution in [0.3, 0.4) is 0 Å². The third kappa shape index (κ3) is 28.0. The van der Waals surface area contributed by atoms with Gasteiger partial charge in [0.1, 0.15) is 12.2 Å². The number of carbonyl (C=O) groups excluding carboxylic acids is 2. The molecule has 11 heteroatoms. The number of ether oxygens (including phenoxy) is 2. The van der Waals surface area contributed by atoms with E-state index in [-0.39, 0.29) is 12.8 Å². The van der Waals surface area contributed by atoms with E-state index in [2.05, 4.69) is 31.2 Å². The Morgan fingerprint density at radius 3 is 1.45 bits per heavy atom. The van der Waals surface area contributed by atoms with E-state index in [4.69, 9.17) is 18.5 Å². The molecule has 0 saturated heterocycles. The molecule has 3 unspecified atom stereocenters. The van der Waals surface area contributed by atoms with Crippen LogP contribution in [-0.4, -0.2) is 65.7 Å². The van der Waals surface area contributed by atoms with Crippen LogP contribution in [0.4, 0.5) is 0 Å². The second kappa shape index (κ2) is 30.1. The molecule has 0 spiro atoms. The Bertz CT molecular complexity index is 801. The lowest BCUT2D eigenvalue weighted by atomic mass is 10.1. The largest absolute Gasteiger partial charge is 0.472 e. The van der Waals surface area contributed by atoms with Crippen molar-refractivity contribution in [2.75, 3.05) is 26.4 Å². The molecule has 0 aromatic heterocycles. The molecule has 10 nitrogen and oxygen atoms in total. The Balaban J connectivity index is 3.91. The first-order valence-corrected chi connectivity index (χ1v) is 18.3. The molecule has 0 fully saturated rings. The SMILES string of the molecule is CCCCCC/C=C\C/C=C\CCCCCCCCCC(=O)OC(CO)COP(=O)(O)OCC(CO)OC(=O)CCCCC. The monoisotopic (exact) mass is 648 g/mol. The summed E-state index contributed by atoms with van der Waals surface area (Å²) in [4.78, 5) is 33.8. The summed E-state index contributed by atoms with van der Waals surface area (Å²) in [6.45, 7) is 1.94. The van der Waals surface area contributed by atoms with E-state index in [1.165, 1.54) is 51.4 Å². The van der Waals surface area contributed by atoms with Gasteiger partial charge in [0.2, 0.25) is 0 Å². The second-order valence-electron chi connectivity index (χ2n) is 11.1. The molecule has 0 aromatic rings. The van der Waals surface area contributed by atoms with Crippen molar-refractivity contribution in [2.45, 2.75) is 148 Å². The lowest BCUT2D eigenvalue weighted by Crippen LogP contribution is -2.28. The lowest BCUT2D eigenvalue weighted by Gasteiger charge is -2.20. The first-order valence-electron chi connectivity index (χ1n) is 16.8. The molecule has 0 amide bonds. The van der Waals surface area contributed by atoms with E-state index in [9.17, 15) is 29.3 Å². The molecule has 258 valence electrons. The van der Waals surface area contributed by atoms with Crippen LogP contribution in [-0.2, 0) is 32.7 Å². The van der Waals surface area contributed by atoms with Gasteiger partial charge in [-0.1, -0.05) is 102 Å². The van der Waals surface area contributed by atoms with Gasteiger partial charge in [-0.05, 0) is 44.9 Å². The molecule has 0 aliphatic carbocycles. The summed E-state index contributed by atoms with van der Waals surface area (Å²) in [7, 11) is -4.61. The highest BCUT2D eigenvalue weighted by molar-refractivity contribution is 7.47. The highest BCUT2D eigenvalue weighted by Crippen LogP contribution is 2.43. The number of aliphatic hydroxyl groups is 2. The summed E-state index contributed by atoms with van der Waals surface area (Å²) in [5.41, 5.74) is 0. The van der Waals surface area contributed by atoms with Gasteiger partial charge in [-0.2, -0.15) is 0 Å². The maximum absolute atomic E-state index is 12.2. The van der Waals surface area contributed by atoms with Crippen LogP contribution in [0.25, 0.3) is 0 Å². The number of hydrogen-bond acceptors (Lipinski definition) is 9. The molecule has 44 heavy (non-hydrogen) atoms. The number of esters is 2. The van der Waals surface area contributed by atoms with Crippen LogP contribution < -0.4 is 0 Å². The van der Waals surface area contributed by atoms with Gasteiger partial charge in [0.15, 0.2) is 0 Å². The number of allylic oxidation sites excluding steroid dienone is 4. The van der Waals surface area contributed by atoms with Crippen molar-refractivity contribution in [1.29, 1.82) is 0 Å². The summed E-state index contributed by atoms with van der Waals surface area (Å²) in [5.74, 6) is -1.05. The van der Waals surface area contributed by atoms with Crippen LogP contribution in [0.5, 0.6) is 0 Å². The molecule has 0 heterocycles.